The van der Waals surface area contributed by atoms with E-state index >= 15 is 0 Å². The topological polar surface area (TPSA) is 90.5 Å². The van der Waals surface area contributed by atoms with Crippen LogP contribution >= 0.6 is 11.6 Å². The van der Waals surface area contributed by atoms with E-state index in [9.17, 15) is 14.4 Å². The average molecular weight is 403 g/mol. The molecule has 1 unspecified atom stereocenters. The first-order valence-electron chi connectivity index (χ1n) is 8.74. The molecule has 7 nitrogen and oxygen atoms in total. The highest BCUT2D eigenvalue weighted by Crippen LogP contribution is 2.12. The first kappa shape index (κ1) is 19.7. The third-order valence-electron chi connectivity index (χ3n) is 4.17. The Kier molecular flexibility index (Phi) is 6.16. The summed E-state index contributed by atoms with van der Waals surface area (Å²) < 4.78 is 11.6. The number of amides is 1. The van der Waals surface area contributed by atoms with Gasteiger partial charge in [-0.25, -0.2) is 4.79 Å². The molecule has 8 heteroatoms. The number of esters is 1. The molecule has 0 aliphatic rings. The summed E-state index contributed by atoms with van der Waals surface area (Å²) in [6.45, 7) is 1.90. The maximum Gasteiger partial charge on any atom is 0.419 e. The molecule has 146 valence electrons. The van der Waals surface area contributed by atoms with Gasteiger partial charge in [0, 0.05) is 18.1 Å². The van der Waals surface area contributed by atoms with Gasteiger partial charge in [-0.05, 0) is 36.8 Å². The number of carbonyl (C=O) groups is 2. The number of oxazole rings is 1. The van der Waals surface area contributed by atoms with Gasteiger partial charge >= 0.3 is 11.7 Å². The van der Waals surface area contributed by atoms with Gasteiger partial charge in [0.2, 0.25) is 0 Å². The number of para-hydroxylation sites is 2. The summed E-state index contributed by atoms with van der Waals surface area (Å²) in [6, 6.07) is 14.0. The third-order valence-corrected chi connectivity index (χ3v) is 4.42. The number of aromatic nitrogens is 1. The Bertz CT molecular complexity index is 1040. The molecular weight excluding hydrogens is 384 g/mol. The van der Waals surface area contributed by atoms with Crippen molar-refractivity contribution in [2.45, 2.75) is 32.5 Å². The molecule has 0 radical (unpaired) electrons. The van der Waals surface area contributed by atoms with E-state index in [2.05, 4.69) is 5.32 Å². The molecule has 0 fully saturated rings. The number of fused-ring (bicyclic) bond motifs is 1. The molecule has 1 N–H and O–H groups in total. The highest BCUT2D eigenvalue weighted by atomic mass is 35.5. The molecule has 0 spiro atoms. The number of benzene rings is 2. The normalized spacial score (nSPS) is 11.9. The molecule has 2 aromatic carbocycles. The van der Waals surface area contributed by atoms with Crippen LogP contribution in [0.2, 0.25) is 5.02 Å². The number of aryl methyl sites for hydroxylation is 1. The van der Waals surface area contributed by atoms with Crippen LogP contribution in [-0.2, 0) is 27.4 Å². The van der Waals surface area contributed by atoms with Crippen molar-refractivity contribution in [2.75, 3.05) is 0 Å². The first-order valence-corrected chi connectivity index (χ1v) is 9.12. The highest BCUT2D eigenvalue weighted by molar-refractivity contribution is 6.30. The fraction of sp³-hybridized carbons (Fsp3) is 0.250. The lowest BCUT2D eigenvalue weighted by molar-refractivity contribution is -0.155. The maximum absolute atomic E-state index is 12.1. The third kappa shape index (κ3) is 4.80. The van der Waals surface area contributed by atoms with Gasteiger partial charge in [0.05, 0.1) is 11.9 Å². The van der Waals surface area contributed by atoms with Crippen molar-refractivity contribution in [3.63, 3.8) is 0 Å². The molecule has 3 aromatic rings. The van der Waals surface area contributed by atoms with Crippen molar-refractivity contribution in [3.8, 4) is 0 Å². The average Bonchev–Trinajstić information content (AvgIpc) is 3.00. The minimum absolute atomic E-state index is 0.0573. The predicted molar refractivity (Wildman–Crippen MR) is 104 cm³/mol. The Morgan fingerprint density at radius 3 is 2.64 bits per heavy atom. The van der Waals surface area contributed by atoms with E-state index in [0.717, 1.165) is 5.56 Å². The molecule has 3 rings (SSSR count). The van der Waals surface area contributed by atoms with Crippen LogP contribution in [0.1, 0.15) is 18.9 Å². The van der Waals surface area contributed by atoms with Crippen LogP contribution in [0.15, 0.2) is 57.7 Å². The van der Waals surface area contributed by atoms with E-state index in [-0.39, 0.29) is 13.0 Å². The van der Waals surface area contributed by atoms with Crippen LogP contribution in [0.5, 0.6) is 0 Å². The standard InChI is InChI=1S/C20H19ClN2O5/c1-13(19(25)22-12-14-6-8-15(21)9-7-14)27-18(24)10-11-23-16-4-2-3-5-17(16)28-20(23)26/h2-9,13H,10-12H2,1H3,(H,22,25). The summed E-state index contributed by atoms with van der Waals surface area (Å²) in [7, 11) is 0. The lowest BCUT2D eigenvalue weighted by atomic mass is 10.2. The van der Waals surface area contributed by atoms with Crippen molar-refractivity contribution in [3.05, 3.63) is 69.7 Å². The van der Waals surface area contributed by atoms with Crippen LogP contribution in [-0.4, -0.2) is 22.5 Å². The molecule has 1 heterocycles. The monoisotopic (exact) mass is 402 g/mol. The Balaban J connectivity index is 1.49. The Labute approximate surface area is 165 Å². The van der Waals surface area contributed by atoms with Crippen molar-refractivity contribution >= 4 is 34.6 Å². The highest BCUT2D eigenvalue weighted by Gasteiger charge is 2.18. The fourth-order valence-electron chi connectivity index (χ4n) is 2.67. The molecule has 0 aliphatic heterocycles. The number of rotatable bonds is 7. The first-order chi connectivity index (χ1) is 13.4. The molecule has 1 aromatic heterocycles. The smallest absolute Gasteiger partial charge is 0.419 e. The molecule has 1 amide bonds. The zero-order chi connectivity index (χ0) is 20.1. The molecule has 1 atom stereocenters. The van der Waals surface area contributed by atoms with Crippen molar-refractivity contribution < 1.29 is 18.7 Å². The van der Waals surface area contributed by atoms with Gasteiger partial charge in [0.15, 0.2) is 11.7 Å². The van der Waals surface area contributed by atoms with Crippen molar-refractivity contribution in [1.29, 1.82) is 0 Å². The van der Waals surface area contributed by atoms with Crippen molar-refractivity contribution in [1.82, 2.24) is 9.88 Å². The number of ether oxygens (including phenoxy) is 1. The van der Waals surface area contributed by atoms with Crippen LogP contribution in [0, 0.1) is 0 Å². The van der Waals surface area contributed by atoms with Gasteiger partial charge in [-0.1, -0.05) is 35.9 Å². The van der Waals surface area contributed by atoms with Gasteiger partial charge < -0.3 is 14.5 Å². The number of hydrogen-bond donors (Lipinski definition) is 1. The van der Waals surface area contributed by atoms with E-state index < -0.39 is 23.7 Å². The molecular formula is C20H19ClN2O5. The van der Waals surface area contributed by atoms with Gasteiger partial charge in [-0.2, -0.15) is 0 Å². The van der Waals surface area contributed by atoms with Crippen LogP contribution in [0.3, 0.4) is 0 Å². The van der Waals surface area contributed by atoms with Crippen molar-refractivity contribution in [2.24, 2.45) is 0 Å². The Morgan fingerprint density at radius 1 is 1.18 bits per heavy atom. The summed E-state index contributed by atoms with van der Waals surface area (Å²) in [6.07, 6.45) is -1.00. The van der Waals surface area contributed by atoms with Crippen LogP contribution in [0.25, 0.3) is 11.1 Å². The molecule has 0 bridgehead atoms. The van der Waals surface area contributed by atoms with Gasteiger partial charge in [-0.3, -0.25) is 14.2 Å². The van der Waals surface area contributed by atoms with E-state index in [1.54, 1.807) is 48.5 Å². The second-order valence-electron chi connectivity index (χ2n) is 6.21. The van der Waals surface area contributed by atoms with E-state index in [0.29, 0.717) is 22.7 Å². The van der Waals surface area contributed by atoms with Gasteiger partial charge in [0.25, 0.3) is 5.91 Å². The number of nitrogens with one attached hydrogen (secondary N) is 1. The van der Waals surface area contributed by atoms with E-state index in [1.165, 1.54) is 11.5 Å². The lowest BCUT2D eigenvalue weighted by Gasteiger charge is -2.13. The summed E-state index contributed by atoms with van der Waals surface area (Å²) in [5.41, 5.74) is 1.94. The predicted octanol–water partition coefficient (Wildman–Crippen LogP) is 2.89. The SMILES string of the molecule is CC(OC(=O)CCn1c(=O)oc2ccccc21)C(=O)NCc1ccc(Cl)cc1. The van der Waals surface area contributed by atoms with Crippen LogP contribution < -0.4 is 11.1 Å². The largest absolute Gasteiger partial charge is 0.452 e. The maximum atomic E-state index is 12.1. The van der Waals surface area contributed by atoms with Crippen LogP contribution in [0.4, 0.5) is 0 Å². The fourth-order valence-corrected chi connectivity index (χ4v) is 2.80. The molecule has 28 heavy (non-hydrogen) atoms. The Morgan fingerprint density at radius 2 is 1.89 bits per heavy atom. The van der Waals surface area contributed by atoms with Gasteiger partial charge in [-0.15, -0.1) is 0 Å². The summed E-state index contributed by atoms with van der Waals surface area (Å²) in [4.78, 5) is 36.0. The molecule has 0 aliphatic carbocycles. The number of carbonyl (C=O) groups excluding carboxylic acids is 2. The lowest BCUT2D eigenvalue weighted by Crippen LogP contribution is -2.35. The summed E-state index contributed by atoms with van der Waals surface area (Å²) in [5, 5.41) is 3.31. The number of hydrogen-bond acceptors (Lipinski definition) is 5. The second-order valence-corrected chi connectivity index (χ2v) is 6.65. The van der Waals surface area contributed by atoms with E-state index in [4.69, 9.17) is 20.8 Å². The second kappa shape index (κ2) is 8.75. The minimum Gasteiger partial charge on any atom is -0.452 e. The summed E-state index contributed by atoms with van der Waals surface area (Å²) >= 11 is 5.82. The minimum atomic E-state index is -0.947. The van der Waals surface area contributed by atoms with Gasteiger partial charge in [0.1, 0.15) is 0 Å². The quantitative estimate of drug-likeness (QED) is 0.613. The zero-order valence-corrected chi connectivity index (χ0v) is 15.9. The zero-order valence-electron chi connectivity index (χ0n) is 15.2. The van der Waals surface area contributed by atoms with E-state index in [1.807, 2.05) is 0 Å². The number of nitrogens with zero attached hydrogens (tertiary/aromatic N) is 1. The Hall–Kier alpha value is -3.06. The molecule has 0 saturated heterocycles. The number of halogens is 1. The summed E-state index contributed by atoms with van der Waals surface area (Å²) in [5.74, 6) is -1.52. The molecule has 0 saturated carbocycles.